The summed E-state index contributed by atoms with van der Waals surface area (Å²) in [5.41, 5.74) is 1.93. The van der Waals surface area contributed by atoms with Crippen LogP contribution in [0, 0.1) is 11.3 Å². The fourth-order valence-corrected chi connectivity index (χ4v) is 4.80. The van der Waals surface area contributed by atoms with Crippen LogP contribution in [0.4, 0.5) is 4.79 Å². The van der Waals surface area contributed by atoms with Crippen molar-refractivity contribution in [2.45, 2.75) is 12.1 Å². The maximum absolute atomic E-state index is 13.2. The lowest BCUT2D eigenvalue weighted by Crippen LogP contribution is -2.52. The molecule has 37 heavy (non-hydrogen) atoms. The predicted octanol–water partition coefficient (Wildman–Crippen LogP) is 3.07. The first-order valence-electron chi connectivity index (χ1n) is 11.4. The fraction of sp³-hybridized carbons (Fsp3) is 0.148. The van der Waals surface area contributed by atoms with Crippen LogP contribution in [0.2, 0.25) is 0 Å². The zero-order valence-electron chi connectivity index (χ0n) is 19.6. The predicted molar refractivity (Wildman–Crippen MR) is 130 cm³/mol. The maximum Gasteiger partial charge on any atom is 0.322 e. The normalized spacial score (nSPS) is 18.5. The van der Waals surface area contributed by atoms with E-state index < -0.39 is 17.5 Å². The third-order valence-corrected chi connectivity index (χ3v) is 6.68. The highest BCUT2D eigenvalue weighted by atomic mass is 16.5. The van der Waals surface area contributed by atoms with Crippen molar-refractivity contribution >= 4 is 28.8 Å². The minimum Gasteiger partial charge on any atom is -0.497 e. The molecule has 2 N–H and O–H groups in total. The van der Waals surface area contributed by atoms with E-state index in [1.807, 2.05) is 12.1 Å². The highest BCUT2D eigenvalue weighted by Gasteiger charge is 2.53. The molecule has 0 bridgehead atoms. The molecule has 1 fully saturated rings. The van der Waals surface area contributed by atoms with Crippen molar-refractivity contribution in [3.8, 4) is 23.1 Å². The Morgan fingerprint density at radius 3 is 2.78 bits per heavy atom. The molecule has 2 aromatic heterocycles. The lowest BCUT2D eigenvalue weighted by Gasteiger charge is -2.29. The number of methoxy groups -OCH3 is 1. The fourth-order valence-electron chi connectivity index (χ4n) is 4.80. The highest BCUT2D eigenvalue weighted by Crippen LogP contribution is 2.35. The summed E-state index contributed by atoms with van der Waals surface area (Å²) in [4.78, 5) is 44.6. The molecule has 4 amide bonds. The Kier molecular flexibility index (Phi) is 4.94. The largest absolute Gasteiger partial charge is 0.497 e. The molecule has 6 rings (SSSR count). The van der Waals surface area contributed by atoms with Crippen molar-refractivity contribution in [2.24, 2.45) is 0 Å². The SMILES string of the molecule is COc1ccc2c(c1)C(=O)N(C[C@@]1(c3cc4cc(-c5cccc(C#N)c5)ncc4o3)NC(=O)NC1=O)C2. The lowest BCUT2D eigenvalue weighted by atomic mass is 9.95. The molecule has 0 saturated carbocycles. The topological polar surface area (TPSA) is 138 Å². The molecule has 4 heterocycles. The van der Waals surface area contributed by atoms with Gasteiger partial charge in [0.1, 0.15) is 11.5 Å². The molecule has 0 aliphatic carbocycles. The number of ether oxygens (including phenoxy) is 1. The summed E-state index contributed by atoms with van der Waals surface area (Å²) in [6.45, 7) is 0.134. The Hall–Kier alpha value is -5.17. The van der Waals surface area contributed by atoms with E-state index in [2.05, 4.69) is 21.7 Å². The zero-order chi connectivity index (χ0) is 25.7. The van der Waals surface area contributed by atoms with Crippen molar-refractivity contribution in [3.05, 3.63) is 83.2 Å². The number of aromatic nitrogens is 1. The van der Waals surface area contributed by atoms with Crippen molar-refractivity contribution in [2.75, 3.05) is 13.7 Å². The van der Waals surface area contributed by atoms with Gasteiger partial charge in [-0.05, 0) is 42.0 Å². The molecule has 4 aromatic rings. The van der Waals surface area contributed by atoms with E-state index in [1.165, 1.54) is 18.2 Å². The van der Waals surface area contributed by atoms with Gasteiger partial charge in [-0.2, -0.15) is 5.26 Å². The summed E-state index contributed by atoms with van der Waals surface area (Å²) in [5, 5.41) is 14.8. The Morgan fingerprint density at radius 2 is 2.03 bits per heavy atom. The van der Waals surface area contributed by atoms with Gasteiger partial charge in [0.05, 0.1) is 37.2 Å². The number of amides is 4. The molecule has 10 heteroatoms. The van der Waals surface area contributed by atoms with Crippen LogP contribution in [0.1, 0.15) is 27.2 Å². The van der Waals surface area contributed by atoms with Crippen LogP contribution < -0.4 is 15.4 Å². The average Bonchev–Trinajstić information content (AvgIpc) is 3.57. The minimum absolute atomic E-state index is 0.134. The number of pyridine rings is 1. The second kappa shape index (κ2) is 8.20. The summed E-state index contributed by atoms with van der Waals surface area (Å²) in [7, 11) is 1.52. The van der Waals surface area contributed by atoms with E-state index in [0.29, 0.717) is 33.5 Å². The molecular weight excluding hydrogens is 474 g/mol. The van der Waals surface area contributed by atoms with E-state index >= 15 is 0 Å². The number of nitrogens with one attached hydrogen (secondary N) is 2. The van der Waals surface area contributed by atoms with Gasteiger partial charge in [0.2, 0.25) is 0 Å². The number of carbonyl (C=O) groups excluding carboxylic acids is 3. The number of benzene rings is 2. The summed E-state index contributed by atoms with van der Waals surface area (Å²) in [6.07, 6.45) is 1.53. The number of furan rings is 1. The quantitative estimate of drug-likeness (QED) is 0.408. The van der Waals surface area contributed by atoms with E-state index in [4.69, 9.17) is 9.15 Å². The Bertz CT molecular complexity index is 1670. The second-order valence-corrected chi connectivity index (χ2v) is 8.91. The van der Waals surface area contributed by atoms with Crippen LogP contribution in [0.3, 0.4) is 0 Å². The van der Waals surface area contributed by atoms with Gasteiger partial charge >= 0.3 is 6.03 Å². The summed E-state index contributed by atoms with van der Waals surface area (Å²) < 4.78 is 11.3. The van der Waals surface area contributed by atoms with Gasteiger partial charge < -0.3 is 19.4 Å². The smallest absolute Gasteiger partial charge is 0.322 e. The molecule has 0 radical (unpaired) electrons. The van der Waals surface area contributed by atoms with Gasteiger partial charge in [0.25, 0.3) is 11.8 Å². The number of hydrogen-bond donors (Lipinski definition) is 2. The Morgan fingerprint density at radius 1 is 1.16 bits per heavy atom. The van der Waals surface area contributed by atoms with Gasteiger partial charge in [0.15, 0.2) is 11.1 Å². The van der Waals surface area contributed by atoms with Crippen molar-refractivity contribution in [1.82, 2.24) is 20.5 Å². The lowest BCUT2D eigenvalue weighted by molar-refractivity contribution is -0.125. The molecule has 0 unspecified atom stereocenters. The van der Waals surface area contributed by atoms with E-state index in [0.717, 1.165) is 11.1 Å². The number of nitriles is 1. The van der Waals surface area contributed by atoms with Crippen molar-refractivity contribution < 1.29 is 23.5 Å². The van der Waals surface area contributed by atoms with Crippen LogP contribution >= 0.6 is 0 Å². The van der Waals surface area contributed by atoms with Crippen molar-refractivity contribution in [1.29, 1.82) is 5.26 Å². The molecule has 10 nitrogen and oxygen atoms in total. The monoisotopic (exact) mass is 493 g/mol. The summed E-state index contributed by atoms with van der Waals surface area (Å²) >= 11 is 0. The zero-order valence-corrected chi connectivity index (χ0v) is 19.6. The van der Waals surface area contributed by atoms with Gasteiger partial charge in [-0.1, -0.05) is 18.2 Å². The van der Waals surface area contributed by atoms with Gasteiger partial charge in [-0.3, -0.25) is 19.9 Å². The highest BCUT2D eigenvalue weighted by molar-refractivity contribution is 6.08. The van der Waals surface area contributed by atoms with Crippen LogP contribution in [-0.2, 0) is 16.9 Å². The van der Waals surface area contributed by atoms with Gasteiger partial charge in [-0.25, -0.2) is 4.79 Å². The van der Waals surface area contributed by atoms with Crippen LogP contribution in [0.25, 0.3) is 22.2 Å². The summed E-state index contributed by atoms with van der Waals surface area (Å²) in [5.74, 6) is -0.166. The molecule has 1 atom stereocenters. The Labute approximate surface area is 210 Å². The van der Waals surface area contributed by atoms with Gasteiger partial charge in [0, 0.05) is 23.1 Å². The molecular formula is C27H19N5O5. The standard InChI is InChI=1S/C27H19N5O5/c1-36-19-6-5-17-13-32(24(33)20(17)10-19)14-27(25(34)30-26(35)31-27)23-9-18-8-21(29-12-22(18)37-23)16-4-2-3-15(7-16)11-28/h2-10,12H,13-14H2,1H3,(H2,30,31,34,35)/t27-/m0/s1. The summed E-state index contributed by atoms with van der Waals surface area (Å²) in [6, 6.07) is 17.2. The number of fused-ring (bicyclic) bond motifs is 2. The third kappa shape index (κ3) is 3.56. The van der Waals surface area contributed by atoms with E-state index in [1.54, 1.807) is 42.5 Å². The number of rotatable bonds is 5. The van der Waals surface area contributed by atoms with Crippen LogP contribution in [-0.4, -0.2) is 41.4 Å². The molecule has 2 aliphatic heterocycles. The molecule has 1 saturated heterocycles. The van der Waals surface area contributed by atoms with Crippen LogP contribution in [0.15, 0.2) is 65.2 Å². The third-order valence-electron chi connectivity index (χ3n) is 6.68. The molecule has 2 aromatic carbocycles. The number of urea groups is 1. The first-order valence-corrected chi connectivity index (χ1v) is 11.4. The number of nitrogens with zero attached hydrogens (tertiary/aromatic N) is 3. The van der Waals surface area contributed by atoms with Crippen molar-refractivity contribution in [3.63, 3.8) is 0 Å². The number of carbonyl (C=O) groups is 3. The minimum atomic E-state index is -1.63. The number of hydrogen-bond acceptors (Lipinski definition) is 7. The second-order valence-electron chi connectivity index (χ2n) is 8.91. The molecule has 182 valence electrons. The number of imide groups is 1. The average molecular weight is 493 g/mol. The Balaban J connectivity index is 1.38. The van der Waals surface area contributed by atoms with Gasteiger partial charge in [-0.15, -0.1) is 0 Å². The van der Waals surface area contributed by atoms with E-state index in [-0.39, 0.29) is 24.8 Å². The van der Waals surface area contributed by atoms with E-state index in [9.17, 15) is 19.6 Å². The maximum atomic E-state index is 13.2. The van der Waals surface area contributed by atoms with Crippen LogP contribution in [0.5, 0.6) is 5.75 Å². The first kappa shape index (κ1) is 22.3. The molecule has 2 aliphatic rings. The molecule has 0 spiro atoms. The first-order chi connectivity index (χ1) is 17.9.